The molecule has 0 aliphatic carbocycles. The van der Waals surface area contributed by atoms with Gasteiger partial charge in [-0.1, -0.05) is 0 Å². The van der Waals surface area contributed by atoms with Crippen LogP contribution in [0.5, 0.6) is 0 Å². The predicted molar refractivity (Wildman–Crippen MR) is 40.9 cm³/mol. The summed E-state index contributed by atoms with van der Waals surface area (Å²) >= 11 is 0. The monoisotopic (exact) mass is 228 g/mol. The zero-order valence-corrected chi connectivity index (χ0v) is 7.13. The maximum atomic E-state index is 10.5. The van der Waals surface area contributed by atoms with Crippen LogP contribution in [0.4, 0.5) is 11.6 Å². The van der Waals surface area contributed by atoms with Gasteiger partial charge in [-0.15, -0.1) is 9.26 Å². The third-order valence-electron chi connectivity index (χ3n) is 1.51. The lowest BCUT2D eigenvalue weighted by Gasteiger charge is -1.88. The minimum Gasteiger partial charge on any atom is -0.358 e. The topological polar surface area (TPSA) is 164 Å². The maximum Gasteiger partial charge on any atom is 0.444 e. The Bertz CT molecular complexity index is 507. The van der Waals surface area contributed by atoms with Crippen molar-refractivity contribution in [2.75, 3.05) is 0 Å². The summed E-state index contributed by atoms with van der Waals surface area (Å²) in [5, 5.41) is 33.1. The molecule has 0 bridgehead atoms. The Morgan fingerprint density at radius 3 is 1.50 bits per heavy atom. The van der Waals surface area contributed by atoms with Crippen LogP contribution in [0.25, 0.3) is 11.4 Å². The second kappa shape index (κ2) is 3.34. The lowest BCUT2D eigenvalue weighted by atomic mass is 10.3. The Morgan fingerprint density at radius 2 is 1.19 bits per heavy atom. The molecule has 0 aromatic carbocycles. The largest absolute Gasteiger partial charge is 0.444 e. The molecule has 0 radical (unpaired) electrons. The average Bonchev–Trinajstić information content (AvgIpc) is 2.85. The van der Waals surface area contributed by atoms with E-state index in [9.17, 15) is 20.2 Å². The van der Waals surface area contributed by atoms with Gasteiger partial charge in [-0.05, 0) is 20.2 Å². The highest BCUT2D eigenvalue weighted by atomic mass is 16.7. The Labute approximate surface area is 84.1 Å². The summed E-state index contributed by atoms with van der Waals surface area (Å²) in [5.41, 5.74) is -1.03. The molecule has 0 amide bonds. The van der Waals surface area contributed by atoms with Gasteiger partial charge in [-0.3, -0.25) is 0 Å². The molecule has 0 unspecified atom stereocenters. The first-order chi connectivity index (χ1) is 7.61. The second-order valence-corrected chi connectivity index (χ2v) is 2.39. The summed E-state index contributed by atoms with van der Waals surface area (Å²) < 4.78 is 8.18. The molecular formula is C4N6O6. The molecule has 0 atom stereocenters. The van der Waals surface area contributed by atoms with Crippen LogP contribution in [-0.4, -0.2) is 30.5 Å². The molecule has 0 N–H and O–H groups in total. The van der Waals surface area contributed by atoms with E-state index in [4.69, 9.17) is 0 Å². The van der Waals surface area contributed by atoms with E-state index in [0.717, 1.165) is 0 Å². The van der Waals surface area contributed by atoms with Crippen LogP contribution in [0.3, 0.4) is 0 Å². The minimum atomic E-state index is -0.926. The summed E-state index contributed by atoms with van der Waals surface area (Å²) in [6, 6.07) is 0. The average molecular weight is 228 g/mol. The summed E-state index contributed by atoms with van der Waals surface area (Å²) in [5.74, 6) is -1.61. The molecule has 82 valence electrons. The smallest absolute Gasteiger partial charge is 0.358 e. The summed E-state index contributed by atoms with van der Waals surface area (Å²) in [7, 11) is 0. The minimum absolute atomic E-state index is 0.516. The molecule has 0 saturated heterocycles. The van der Waals surface area contributed by atoms with Gasteiger partial charge < -0.3 is 20.2 Å². The zero-order valence-electron chi connectivity index (χ0n) is 7.13. The summed E-state index contributed by atoms with van der Waals surface area (Å²) in [6.45, 7) is 0. The highest BCUT2D eigenvalue weighted by Crippen LogP contribution is 2.29. The highest BCUT2D eigenvalue weighted by molar-refractivity contribution is 5.68. The van der Waals surface area contributed by atoms with E-state index in [-0.39, 0.29) is 0 Å². The molecule has 0 aliphatic rings. The molecule has 2 heterocycles. The van der Waals surface area contributed by atoms with Crippen LogP contribution in [0, 0.1) is 20.2 Å². The van der Waals surface area contributed by atoms with Crippen LogP contribution in [0.1, 0.15) is 0 Å². The van der Waals surface area contributed by atoms with Gasteiger partial charge in [-0.25, -0.2) is 0 Å². The van der Waals surface area contributed by atoms with Gasteiger partial charge in [0.2, 0.25) is 11.4 Å². The quantitative estimate of drug-likeness (QED) is 0.512. The molecule has 0 aliphatic heterocycles. The standard InChI is InChI=1S/C4N6O6/c11-9(12)3-1(5-15-7-3)2-4(10(13)14)8-16-6-2. The van der Waals surface area contributed by atoms with Crippen molar-refractivity contribution in [3.63, 3.8) is 0 Å². The van der Waals surface area contributed by atoms with Crippen molar-refractivity contribution >= 4 is 11.6 Å². The summed E-state index contributed by atoms with van der Waals surface area (Å²) in [6.07, 6.45) is 0. The number of nitro groups is 2. The third kappa shape index (κ3) is 1.33. The molecular weight excluding hydrogens is 228 g/mol. The molecule has 0 spiro atoms. The lowest BCUT2D eigenvalue weighted by molar-refractivity contribution is -0.392. The van der Waals surface area contributed by atoms with E-state index in [1.54, 1.807) is 0 Å². The third-order valence-corrected chi connectivity index (χ3v) is 1.51. The number of rotatable bonds is 3. The van der Waals surface area contributed by atoms with Crippen molar-refractivity contribution in [2.45, 2.75) is 0 Å². The fraction of sp³-hybridized carbons (Fsp3) is 0. The van der Waals surface area contributed by atoms with Gasteiger partial charge in [0, 0.05) is 0 Å². The van der Waals surface area contributed by atoms with E-state index in [1.807, 2.05) is 0 Å². The van der Waals surface area contributed by atoms with E-state index in [1.165, 1.54) is 0 Å². The van der Waals surface area contributed by atoms with Crippen LogP contribution >= 0.6 is 0 Å². The van der Waals surface area contributed by atoms with Crippen LogP contribution in [-0.2, 0) is 0 Å². The van der Waals surface area contributed by atoms with Crippen molar-refractivity contribution in [3.8, 4) is 11.4 Å². The van der Waals surface area contributed by atoms with Crippen molar-refractivity contribution in [1.29, 1.82) is 0 Å². The van der Waals surface area contributed by atoms with Crippen LogP contribution in [0.2, 0.25) is 0 Å². The number of nitrogens with zero attached hydrogens (tertiary/aromatic N) is 6. The van der Waals surface area contributed by atoms with E-state index < -0.39 is 32.9 Å². The van der Waals surface area contributed by atoms with Gasteiger partial charge in [0.15, 0.2) is 10.3 Å². The first kappa shape index (κ1) is 9.63. The van der Waals surface area contributed by atoms with Crippen molar-refractivity contribution < 1.29 is 19.1 Å². The highest BCUT2D eigenvalue weighted by Gasteiger charge is 2.35. The van der Waals surface area contributed by atoms with Gasteiger partial charge >= 0.3 is 11.6 Å². The van der Waals surface area contributed by atoms with Crippen LogP contribution in [0.15, 0.2) is 9.26 Å². The van der Waals surface area contributed by atoms with Gasteiger partial charge in [0.05, 0.1) is 0 Å². The molecule has 12 nitrogen and oxygen atoms in total. The molecule has 12 heteroatoms. The zero-order chi connectivity index (χ0) is 11.7. The molecule has 16 heavy (non-hydrogen) atoms. The number of hydrogen-bond acceptors (Lipinski definition) is 10. The molecule has 2 aromatic rings. The first-order valence-corrected chi connectivity index (χ1v) is 3.55. The Kier molecular flexibility index (Phi) is 2.01. The van der Waals surface area contributed by atoms with E-state index >= 15 is 0 Å². The normalized spacial score (nSPS) is 10.2. The molecule has 2 aromatic heterocycles. The molecule has 0 saturated carbocycles. The first-order valence-electron chi connectivity index (χ1n) is 3.55. The van der Waals surface area contributed by atoms with Gasteiger partial charge in [-0.2, -0.15) is 0 Å². The number of aromatic nitrogens is 4. The Hall–Kier alpha value is -2.92. The predicted octanol–water partition coefficient (Wildman–Crippen LogP) is -0.0640. The lowest BCUT2D eigenvalue weighted by Crippen LogP contribution is -1.95. The van der Waals surface area contributed by atoms with E-state index in [2.05, 4.69) is 29.9 Å². The number of hydrogen-bond donors (Lipinski definition) is 0. The fourth-order valence-electron chi connectivity index (χ4n) is 0.906. The van der Waals surface area contributed by atoms with Crippen molar-refractivity contribution in [1.82, 2.24) is 20.6 Å². The summed E-state index contributed by atoms with van der Waals surface area (Å²) in [4.78, 5) is 19.1. The SMILES string of the molecule is O=[N+]([O-])c1nonc1-c1nonc1[N+](=O)[O-]. The van der Waals surface area contributed by atoms with E-state index in [0.29, 0.717) is 0 Å². The van der Waals surface area contributed by atoms with Crippen LogP contribution < -0.4 is 0 Å². The molecule has 0 fully saturated rings. The van der Waals surface area contributed by atoms with Gasteiger partial charge in [0.1, 0.15) is 0 Å². The Morgan fingerprint density at radius 1 is 0.812 bits per heavy atom. The van der Waals surface area contributed by atoms with Crippen molar-refractivity contribution in [2.24, 2.45) is 0 Å². The fourth-order valence-corrected chi connectivity index (χ4v) is 0.906. The Balaban J connectivity index is 2.59. The maximum absolute atomic E-state index is 10.5. The van der Waals surface area contributed by atoms with Crippen molar-refractivity contribution in [3.05, 3.63) is 20.2 Å². The molecule has 2 rings (SSSR count). The van der Waals surface area contributed by atoms with Gasteiger partial charge in [0.25, 0.3) is 0 Å². The second-order valence-electron chi connectivity index (χ2n) is 2.39.